The smallest absolute Gasteiger partial charge is 0.407 e. The Hall–Kier alpha value is -2.86. The van der Waals surface area contributed by atoms with Gasteiger partial charge in [0.25, 0.3) is 0 Å². The molecule has 1 heterocycles. The van der Waals surface area contributed by atoms with E-state index in [1.165, 1.54) is 18.4 Å². The second-order valence-electron chi connectivity index (χ2n) is 8.38. The number of rotatable bonds is 8. The molecule has 0 aliphatic heterocycles. The van der Waals surface area contributed by atoms with Gasteiger partial charge in [-0.25, -0.2) is 4.98 Å². The second-order valence-corrected chi connectivity index (χ2v) is 8.38. The molecule has 2 atom stereocenters. The Kier molecular flexibility index (Phi) is 6.41. The number of hydrogen-bond donors (Lipinski definition) is 2. The van der Waals surface area contributed by atoms with E-state index >= 15 is 0 Å². The van der Waals surface area contributed by atoms with Gasteiger partial charge in [-0.1, -0.05) is 38.1 Å². The van der Waals surface area contributed by atoms with Crippen molar-refractivity contribution in [2.24, 2.45) is 5.92 Å². The number of carbonyl (C=O) groups is 1. The minimum absolute atomic E-state index is 0.0144. The summed E-state index contributed by atoms with van der Waals surface area (Å²) in [5.74, 6) is -0.147. The van der Waals surface area contributed by atoms with Crippen LogP contribution in [0.15, 0.2) is 34.9 Å². The molecule has 3 rings (SSSR count). The van der Waals surface area contributed by atoms with Crippen LogP contribution in [0.5, 0.6) is 0 Å². The topological polar surface area (TPSA) is 91.0 Å². The molecule has 166 valence electrons. The van der Waals surface area contributed by atoms with Crippen molar-refractivity contribution in [2.75, 3.05) is 0 Å². The van der Waals surface area contributed by atoms with E-state index in [1.807, 2.05) is 19.9 Å². The highest BCUT2D eigenvalue weighted by molar-refractivity contribution is 5.83. The van der Waals surface area contributed by atoms with Crippen molar-refractivity contribution < 1.29 is 22.4 Å². The molecule has 1 amide bonds. The Morgan fingerprint density at radius 3 is 2.39 bits per heavy atom. The number of hydrogen-bond acceptors (Lipinski definition) is 5. The van der Waals surface area contributed by atoms with Crippen molar-refractivity contribution in [1.82, 2.24) is 15.6 Å². The van der Waals surface area contributed by atoms with Crippen molar-refractivity contribution in [3.63, 3.8) is 0 Å². The van der Waals surface area contributed by atoms with E-state index in [9.17, 15) is 23.2 Å². The average molecular weight is 434 g/mol. The zero-order valence-corrected chi connectivity index (χ0v) is 17.6. The number of nitrogens with one attached hydrogen (secondary N) is 2. The molecular formula is C22H25F3N4O2. The van der Waals surface area contributed by atoms with Crippen molar-refractivity contribution in [3.8, 4) is 17.3 Å². The van der Waals surface area contributed by atoms with Gasteiger partial charge >= 0.3 is 6.18 Å². The highest BCUT2D eigenvalue weighted by Crippen LogP contribution is 2.36. The van der Waals surface area contributed by atoms with E-state index in [0.717, 1.165) is 0 Å². The first-order valence-electron chi connectivity index (χ1n) is 10.1. The summed E-state index contributed by atoms with van der Waals surface area (Å²) in [5, 5.41) is 14.3. The molecule has 1 aromatic carbocycles. The second kappa shape index (κ2) is 8.71. The van der Waals surface area contributed by atoms with Crippen LogP contribution >= 0.6 is 0 Å². The molecule has 1 aliphatic carbocycles. The highest BCUT2D eigenvalue weighted by atomic mass is 19.4. The lowest BCUT2D eigenvalue weighted by molar-refractivity contribution is -0.161. The van der Waals surface area contributed by atoms with Gasteiger partial charge in [-0.05, 0) is 30.7 Å². The normalized spacial score (nSPS) is 17.1. The van der Waals surface area contributed by atoms with Gasteiger partial charge in [-0.2, -0.15) is 18.4 Å². The fourth-order valence-corrected chi connectivity index (χ4v) is 3.36. The summed E-state index contributed by atoms with van der Waals surface area (Å²) in [6.07, 6.45) is -1.95. The van der Waals surface area contributed by atoms with Gasteiger partial charge in [0.05, 0.1) is 12.1 Å². The van der Waals surface area contributed by atoms with Gasteiger partial charge in [0.2, 0.25) is 5.91 Å². The molecule has 2 N–H and O–H groups in total. The van der Waals surface area contributed by atoms with Gasteiger partial charge in [-0.3, -0.25) is 10.1 Å². The molecular weight excluding hydrogens is 409 g/mol. The van der Waals surface area contributed by atoms with Crippen LogP contribution in [-0.4, -0.2) is 28.6 Å². The maximum Gasteiger partial charge on any atom is 0.407 e. The van der Waals surface area contributed by atoms with Crippen molar-refractivity contribution >= 4 is 5.91 Å². The molecule has 1 fully saturated rings. The Morgan fingerprint density at radius 2 is 1.94 bits per heavy atom. The third kappa shape index (κ3) is 5.64. The van der Waals surface area contributed by atoms with Crippen LogP contribution in [0.4, 0.5) is 13.2 Å². The molecule has 0 unspecified atom stereocenters. The van der Waals surface area contributed by atoms with Crippen molar-refractivity contribution in [3.05, 3.63) is 42.0 Å². The van der Waals surface area contributed by atoms with E-state index in [2.05, 4.69) is 15.6 Å². The van der Waals surface area contributed by atoms with Gasteiger partial charge in [-0.15, -0.1) is 0 Å². The number of aryl methyl sites for hydroxylation is 1. The summed E-state index contributed by atoms with van der Waals surface area (Å²) in [5.41, 5.74) is 0.199. The van der Waals surface area contributed by atoms with E-state index in [4.69, 9.17) is 4.42 Å². The zero-order valence-electron chi connectivity index (χ0n) is 17.6. The Labute approximate surface area is 178 Å². The van der Waals surface area contributed by atoms with E-state index in [-0.39, 0.29) is 17.9 Å². The average Bonchev–Trinajstić information content (AvgIpc) is 3.34. The molecule has 9 heteroatoms. The number of halogens is 3. The molecule has 1 aliphatic rings. The fraction of sp³-hybridized carbons (Fsp3) is 0.500. The first-order chi connectivity index (χ1) is 14.5. The largest absolute Gasteiger partial charge is 0.449 e. The van der Waals surface area contributed by atoms with Crippen molar-refractivity contribution in [2.45, 2.75) is 63.8 Å². The lowest BCUT2D eigenvalue weighted by Crippen LogP contribution is -2.52. The summed E-state index contributed by atoms with van der Waals surface area (Å²) in [7, 11) is 0. The van der Waals surface area contributed by atoms with E-state index < -0.39 is 29.7 Å². The third-order valence-electron chi connectivity index (χ3n) is 5.20. The van der Waals surface area contributed by atoms with Crippen LogP contribution in [0.1, 0.15) is 50.6 Å². The first-order valence-corrected chi connectivity index (χ1v) is 10.1. The predicted molar refractivity (Wildman–Crippen MR) is 108 cm³/mol. The fourth-order valence-electron chi connectivity index (χ4n) is 3.36. The zero-order chi connectivity index (χ0) is 22.8. The maximum absolute atomic E-state index is 13.9. The van der Waals surface area contributed by atoms with E-state index in [0.29, 0.717) is 30.0 Å². The lowest BCUT2D eigenvalue weighted by atomic mass is 9.98. The summed E-state index contributed by atoms with van der Waals surface area (Å²) < 4.78 is 47.0. The standard InChI is InChI=1S/C22H25F3N4O2/c1-13(2)10-17(20(30)29-21(12-26)8-9-21)28-19(22(23,24)25)16-6-4-15(5-7-16)18-11-31-14(3)27-18/h4-7,11,13,17,19,28H,8-10H2,1-3H3,(H,29,30)/t17-,19-/m0/s1. The Morgan fingerprint density at radius 1 is 1.29 bits per heavy atom. The lowest BCUT2D eigenvalue weighted by Gasteiger charge is -2.29. The number of benzene rings is 1. The minimum Gasteiger partial charge on any atom is -0.449 e. The Balaban J connectivity index is 1.83. The van der Waals surface area contributed by atoms with Crippen molar-refractivity contribution in [1.29, 1.82) is 5.26 Å². The predicted octanol–water partition coefficient (Wildman–Crippen LogP) is 4.43. The molecule has 2 aromatic rings. The quantitative estimate of drug-likeness (QED) is 0.641. The number of carbonyl (C=O) groups excluding carboxylic acids is 1. The highest BCUT2D eigenvalue weighted by Gasteiger charge is 2.47. The summed E-state index contributed by atoms with van der Waals surface area (Å²) in [6.45, 7) is 5.34. The third-order valence-corrected chi connectivity index (χ3v) is 5.20. The van der Waals surface area contributed by atoms with Crippen LogP contribution in [0, 0.1) is 24.2 Å². The SMILES string of the molecule is Cc1nc(-c2ccc([C@H](N[C@@H](CC(C)C)C(=O)NC3(C#N)CC3)C(F)(F)F)cc2)co1. The van der Waals surface area contributed by atoms with Crippen LogP contribution in [0.25, 0.3) is 11.3 Å². The molecule has 0 spiro atoms. The van der Waals surface area contributed by atoms with Gasteiger partial charge < -0.3 is 9.73 Å². The number of amides is 1. The van der Waals surface area contributed by atoms with Crippen LogP contribution < -0.4 is 10.6 Å². The molecule has 0 radical (unpaired) electrons. The molecule has 6 nitrogen and oxygen atoms in total. The number of nitriles is 1. The minimum atomic E-state index is -4.62. The number of nitrogens with zero attached hydrogens (tertiary/aromatic N) is 2. The van der Waals surface area contributed by atoms with Crippen LogP contribution in [-0.2, 0) is 4.79 Å². The number of aromatic nitrogens is 1. The van der Waals surface area contributed by atoms with Gasteiger partial charge in [0.1, 0.15) is 23.5 Å². The Bertz CT molecular complexity index is 956. The van der Waals surface area contributed by atoms with Crippen LogP contribution in [0.2, 0.25) is 0 Å². The van der Waals surface area contributed by atoms with Gasteiger partial charge in [0, 0.05) is 12.5 Å². The molecule has 0 bridgehead atoms. The molecule has 0 saturated heterocycles. The summed E-state index contributed by atoms with van der Waals surface area (Å²) in [4.78, 5) is 16.9. The summed E-state index contributed by atoms with van der Waals surface area (Å²) in [6, 6.07) is 4.73. The molecule has 1 saturated carbocycles. The number of alkyl halides is 3. The van der Waals surface area contributed by atoms with Crippen LogP contribution in [0.3, 0.4) is 0 Å². The molecule has 31 heavy (non-hydrogen) atoms. The summed E-state index contributed by atoms with van der Waals surface area (Å²) >= 11 is 0. The number of oxazole rings is 1. The first kappa shape index (κ1) is 22.8. The maximum atomic E-state index is 13.9. The molecule has 1 aromatic heterocycles. The monoisotopic (exact) mass is 434 g/mol. The van der Waals surface area contributed by atoms with E-state index in [1.54, 1.807) is 19.1 Å². The van der Waals surface area contributed by atoms with Gasteiger partial charge in [0.15, 0.2) is 5.89 Å².